The van der Waals surface area contributed by atoms with Gasteiger partial charge in [0.15, 0.2) is 34.3 Å². The predicted molar refractivity (Wildman–Crippen MR) is 239 cm³/mol. The van der Waals surface area contributed by atoms with Crippen LogP contribution in [0.25, 0.3) is 45.8 Å². The number of anilines is 1. The normalized spacial score (nSPS) is 13.0. The van der Waals surface area contributed by atoms with E-state index in [2.05, 4.69) is 51.9 Å². The summed E-state index contributed by atoms with van der Waals surface area (Å²) in [6.07, 6.45) is -6.21. The van der Waals surface area contributed by atoms with Crippen LogP contribution in [0, 0.1) is 23.3 Å². The lowest BCUT2D eigenvalue weighted by Gasteiger charge is -2.27. The van der Waals surface area contributed by atoms with Gasteiger partial charge in [-0.05, 0) is 24.3 Å². The van der Waals surface area contributed by atoms with Gasteiger partial charge in [0.1, 0.15) is 46.9 Å². The van der Waals surface area contributed by atoms with E-state index in [0.29, 0.717) is 40.2 Å². The molecule has 2 aromatic carbocycles. The molecule has 20 nitrogen and oxygen atoms in total. The molecule has 74 heavy (non-hydrogen) atoms. The van der Waals surface area contributed by atoms with Crippen LogP contribution in [0.3, 0.4) is 0 Å². The van der Waals surface area contributed by atoms with Gasteiger partial charge in [-0.15, -0.1) is 12.4 Å². The maximum absolute atomic E-state index is 14.2. The molecule has 8 rings (SSSR count). The van der Waals surface area contributed by atoms with Crippen LogP contribution in [-0.4, -0.2) is 108 Å². The zero-order valence-electron chi connectivity index (χ0n) is 36.9. The first-order chi connectivity index (χ1) is 34.4. The largest absolute Gasteiger partial charge is 0.428 e. The van der Waals surface area contributed by atoms with Gasteiger partial charge in [-0.2, -0.15) is 36.5 Å². The highest BCUT2D eigenvalue weighted by molar-refractivity contribution is 6.29. The van der Waals surface area contributed by atoms with Gasteiger partial charge in [0.25, 0.3) is 23.0 Å². The maximum Gasteiger partial charge on any atom is 0.428 e. The van der Waals surface area contributed by atoms with E-state index in [4.69, 9.17) is 31.5 Å². The molecule has 0 aliphatic heterocycles. The molecule has 392 valence electrons. The molecular weight excluding hydrogens is 1060 g/mol. The van der Waals surface area contributed by atoms with Crippen molar-refractivity contribution in [3.05, 3.63) is 137 Å². The van der Waals surface area contributed by atoms with Crippen molar-refractivity contribution in [3.63, 3.8) is 0 Å². The minimum atomic E-state index is -5.43. The lowest BCUT2D eigenvalue weighted by molar-refractivity contribution is -0.246. The van der Waals surface area contributed by atoms with Gasteiger partial charge in [-0.3, -0.25) is 19.0 Å². The average Bonchev–Trinajstić information content (AvgIpc) is 4.19. The molecule has 8 aromatic rings. The van der Waals surface area contributed by atoms with Crippen molar-refractivity contribution in [1.29, 1.82) is 0 Å². The fourth-order valence-corrected chi connectivity index (χ4v) is 6.08. The molecule has 32 heteroatoms. The van der Waals surface area contributed by atoms with Crippen LogP contribution >= 0.6 is 24.0 Å². The number of nitrogens with one attached hydrogen (secondary N) is 1. The third-order valence-electron chi connectivity index (χ3n) is 9.98. The van der Waals surface area contributed by atoms with Crippen LogP contribution in [0.4, 0.5) is 49.7 Å². The van der Waals surface area contributed by atoms with E-state index in [1.165, 1.54) is 47.5 Å². The molecule has 0 aliphatic carbocycles. The number of carbonyl (C=O) groups excluding carboxylic acids is 2. The number of alkyl halides is 6. The van der Waals surface area contributed by atoms with E-state index in [-0.39, 0.29) is 59.4 Å². The van der Waals surface area contributed by atoms with Crippen LogP contribution in [0.15, 0.2) is 107 Å². The Labute approximate surface area is 418 Å². The molecule has 0 aliphatic rings. The molecule has 0 spiro atoms. The Morgan fingerprint density at radius 3 is 1.43 bits per heavy atom. The Bertz CT molecular complexity index is 3200. The second kappa shape index (κ2) is 23.2. The minimum Gasteiger partial charge on any atom is -0.372 e. The van der Waals surface area contributed by atoms with Crippen LogP contribution in [0.5, 0.6) is 0 Å². The van der Waals surface area contributed by atoms with Crippen LogP contribution < -0.4 is 22.5 Å². The van der Waals surface area contributed by atoms with E-state index in [0.717, 1.165) is 6.20 Å². The smallest absolute Gasteiger partial charge is 0.372 e. The Morgan fingerprint density at radius 2 is 1.07 bits per heavy atom. The summed E-state index contributed by atoms with van der Waals surface area (Å²) in [5.74, 6) is -7.55. The zero-order valence-corrected chi connectivity index (χ0v) is 38.4. The summed E-state index contributed by atoms with van der Waals surface area (Å²) in [7, 11) is 0. The van der Waals surface area contributed by atoms with Crippen LogP contribution in [0.1, 0.15) is 11.1 Å². The molecule has 2 amide bonds. The third kappa shape index (κ3) is 12.8. The Hall–Kier alpha value is -8.06. The summed E-state index contributed by atoms with van der Waals surface area (Å²) in [5.41, 5.74) is 8.78. The number of carbonyl (C=O) groups is 2. The van der Waals surface area contributed by atoms with Gasteiger partial charge in [-0.1, -0.05) is 58.3 Å². The molecule has 2 atom stereocenters. The number of halogens is 12. The second-order valence-electron chi connectivity index (χ2n) is 14.8. The number of aromatic nitrogens is 10. The summed E-state index contributed by atoms with van der Waals surface area (Å²) in [5, 5.41) is 36.3. The Kier molecular flexibility index (Phi) is 17.8. The highest BCUT2D eigenvalue weighted by Crippen LogP contribution is 2.32. The molecule has 6 aromatic heterocycles. The monoisotopic (exact) mass is 1090 g/mol. The number of hydrogen-bond acceptors (Lipinski definition) is 16. The van der Waals surface area contributed by atoms with Crippen molar-refractivity contribution in [2.45, 2.75) is 36.6 Å². The summed E-state index contributed by atoms with van der Waals surface area (Å²) >= 11 is 5.72. The number of hydrogen-bond donors (Lipinski definition) is 6. The van der Waals surface area contributed by atoms with Gasteiger partial charge in [-0.25, -0.2) is 37.5 Å². The van der Waals surface area contributed by atoms with Crippen LogP contribution in [0.2, 0.25) is 5.15 Å². The number of rotatable bonds is 14. The first-order valence-electron chi connectivity index (χ1n) is 20.1. The first kappa shape index (κ1) is 56.8. The third-order valence-corrected chi connectivity index (χ3v) is 10.2. The van der Waals surface area contributed by atoms with Gasteiger partial charge in [0, 0.05) is 29.8 Å². The quantitative estimate of drug-likeness (QED) is 0.0568. The molecule has 0 fully saturated rings. The summed E-state index contributed by atoms with van der Waals surface area (Å²) in [4.78, 5) is 36.7. The van der Waals surface area contributed by atoms with E-state index >= 15 is 0 Å². The number of benzene rings is 2. The molecule has 0 saturated carbocycles. The number of aliphatic hydroxyl groups is 2. The lowest BCUT2D eigenvalue weighted by Crippen LogP contribution is -2.60. The highest BCUT2D eigenvalue weighted by atomic mass is 35.5. The topological polar surface area (TPSA) is 304 Å². The molecule has 0 bridgehead atoms. The molecule has 0 unspecified atom stereocenters. The minimum absolute atomic E-state index is 0. The van der Waals surface area contributed by atoms with Gasteiger partial charge >= 0.3 is 12.4 Å². The zero-order chi connectivity index (χ0) is 53.5. The molecule has 6 heterocycles. The SMILES string of the molecule is Cl.Fc1ccccc1Cn1nc(-c2ncc(F)c(Cl)n2)cc1-c1ccon1.NC(=O)[C@](O)(CNc1nc(-c2cc(-c3ccon3)n(Cc3ccccc3F)n2)ncc1F)C(F)(F)F.NC[C@@](O)(C(N)=O)C(F)(F)F. The number of nitrogens with two attached hydrogens (primary N) is 3. The van der Waals surface area contributed by atoms with Crippen molar-refractivity contribution in [1.82, 2.24) is 49.8 Å². The maximum atomic E-state index is 14.2. The van der Waals surface area contributed by atoms with Crippen molar-refractivity contribution < 1.29 is 72.8 Å². The molecular formula is C42H34Cl2F10N14O6. The predicted octanol–water partition coefficient (Wildman–Crippen LogP) is 5.63. The summed E-state index contributed by atoms with van der Waals surface area (Å²) in [6.45, 7) is -2.67. The van der Waals surface area contributed by atoms with E-state index < -0.39 is 71.7 Å². The molecule has 0 saturated heterocycles. The first-order valence-corrected chi connectivity index (χ1v) is 20.5. The number of nitrogens with zero attached hydrogens (tertiary/aromatic N) is 10. The highest BCUT2D eigenvalue weighted by Gasteiger charge is 2.59. The second-order valence-corrected chi connectivity index (χ2v) is 15.2. The Morgan fingerprint density at radius 1 is 0.635 bits per heavy atom. The Balaban J connectivity index is 0.000000233. The van der Waals surface area contributed by atoms with Crippen LogP contribution in [-0.2, 0) is 22.7 Å². The van der Waals surface area contributed by atoms with Gasteiger partial charge in [0.05, 0.1) is 43.4 Å². The standard InChI is InChI=1S/C21H16F5N7O3.C17H10ClF2N5O.C4H7F3N2O2.ClH/c22-12-4-2-1-3-11(12)9-33-16(14-5-6-36-32-14)7-15(31-33)18-28-8-13(23)17(30-18)29-10-20(35,19(27)34)21(24,25)26;18-16-12(20)8-21-17(22-16)14-7-15(13-5-6-26-24-13)25(23-14)9-10-3-1-2-4-11(10)19;5-4(6,7)3(11,1-8)2(9)10;/h1-8,35H,9-10H2,(H2,27,34)(H,28,29,30);1-8H,9H2;11H,1,8H2,(H2,9,10);1H/t20-;;3-;/m1.1./s1. The number of amides is 2. The van der Waals surface area contributed by atoms with Gasteiger partial charge in [0.2, 0.25) is 0 Å². The van der Waals surface area contributed by atoms with E-state index in [9.17, 15) is 58.6 Å². The van der Waals surface area contributed by atoms with Crippen molar-refractivity contribution in [2.24, 2.45) is 17.2 Å². The summed E-state index contributed by atoms with van der Waals surface area (Å²) in [6, 6.07) is 18.6. The average molecular weight is 1090 g/mol. The van der Waals surface area contributed by atoms with Gasteiger partial charge < -0.3 is 41.8 Å². The number of primary amides is 2. The van der Waals surface area contributed by atoms with Crippen molar-refractivity contribution >= 4 is 41.6 Å². The fraction of sp³-hybridized carbons (Fsp3) is 0.190. The van der Waals surface area contributed by atoms with Crippen molar-refractivity contribution in [2.75, 3.05) is 18.4 Å². The van der Waals surface area contributed by atoms with Crippen molar-refractivity contribution in [3.8, 4) is 45.8 Å². The molecule has 0 radical (unpaired) electrons. The molecule has 9 N–H and O–H groups in total. The van der Waals surface area contributed by atoms with E-state index in [1.54, 1.807) is 47.1 Å². The fourth-order valence-electron chi connectivity index (χ4n) is 5.95. The van der Waals surface area contributed by atoms with E-state index in [1.807, 2.05) is 5.32 Å². The summed E-state index contributed by atoms with van der Waals surface area (Å²) < 4.78 is 143. The lowest BCUT2D eigenvalue weighted by atomic mass is 10.0.